The molecule has 0 fully saturated rings. The van der Waals surface area contributed by atoms with Crippen LogP contribution in [0.2, 0.25) is 0 Å². The Kier molecular flexibility index (Phi) is 3.76. The van der Waals surface area contributed by atoms with Crippen molar-refractivity contribution in [2.45, 2.75) is 26.4 Å². The van der Waals surface area contributed by atoms with E-state index < -0.39 is 0 Å². The summed E-state index contributed by atoms with van der Waals surface area (Å²) in [7, 11) is 0. The maximum atomic E-state index is 9.22. The number of benzene rings is 1. The lowest BCUT2D eigenvalue weighted by Gasteiger charge is -2.13. The maximum Gasteiger partial charge on any atom is 0.115 e. The molecule has 0 amide bonds. The number of phenols is 1. The smallest absolute Gasteiger partial charge is 0.115 e. The number of hydrogen-bond donors (Lipinski definition) is 2. The minimum atomic E-state index is 0.262. The minimum absolute atomic E-state index is 0.262. The Labute approximate surface area is 105 Å². The molecule has 2 N–H and O–H groups in total. The molecule has 2 aromatic rings. The first-order valence-electron chi connectivity index (χ1n) is 5.59. The monoisotopic (exact) mass is 248 g/mol. The first-order valence-corrected chi connectivity index (χ1v) is 6.40. The van der Waals surface area contributed by atoms with E-state index in [1.165, 1.54) is 10.4 Å². The quantitative estimate of drug-likeness (QED) is 0.874. The van der Waals surface area contributed by atoms with E-state index >= 15 is 0 Å². The molecule has 17 heavy (non-hydrogen) atoms. The number of hydrogen-bond acceptors (Lipinski definition) is 4. The third-order valence-corrected chi connectivity index (χ3v) is 3.56. The lowest BCUT2D eigenvalue weighted by Crippen LogP contribution is -2.17. The number of nitrogens with zero attached hydrogens (tertiary/aromatic N) is 1. The first-order chi connectivity index (χ1) is 8.15. The van der Waals surface area contributed by atoms with Crippen molar-refractivity contribution in [3.63, 3.8) is 0 Å². The van der Waals surface area contributed by atoms with Gasteiger partial charge in [-0.05, 0) is 31.5 Å². The molecule has 1 heterocycles. The van der Waals surface area contributed by atoms with Gasteiger partial charge >= 0.3 is 0 Å². The molecule has 0 spiro atoms. The van der Waals surface area contributed by atoms with Crippen molar-refractivity contribution in [1.82, 2.24) is 10.3 Å². The summed E-state index contributed by atoms with van der Waals surface area (Å²) in [6.45, 7) is 4.95. The van der Waals surface area contributed by atoms with Gasteiger partial charge in [-0.2, -0.15) is 0 Å². The van der Waals surface area contributed by atoms with E-state index in [0.717, 1.165) is 11.6 Å². The zero-order chi connectivity index (χ0) is 12.3. The van der Waals surface area contributed by atoms with Crippen molar-refractivity contribution in [3.8, 4) is 5.75 Å². The fourth-order valence-electron chi connectivity index (χ4n) is 1.62. The van der Waals surface area contributed by atoms with Crippen LogP contribution in [0.5, 0.6) is 5.75 Å². The van der Waals surface area contributed by atoms with Gasteiger partial charge in [0.05, 0.1) is 5.01 Å². The molecule has 3 nitrogen and oxygen atoms in total. The summed E-state index contributed by atoms with van der Waals surface area (Å²) in [5, 5.41) is 13.8. The summed E-state index contributed by atoms with van der Waals surface area (Å²) >= 11 is 1.71. The highest BCUT2D eigenvalue weighted by Crippen LogP contribution is 2.18. The van der Waals surface area contributed by atoms with Crippen molar-refractivity contribution < 1.29 is 5.11 Å². The summed E-state index contributed by atoms with van der Waals surface area (Å²) in [5.74, 6) is 0.305. The van der Waals surface area contributed by atoms with E-state index in [9.17, 15) is 5.11 Å². The topological polar surface area (TPSA) is 45.2 Å². The van der Waals surface area contributed by atoms with Gasteiger partial charge in [-0.3, -0.25) is 0 Å². The van der Waals surface area contributed by atoms with Crippen molar-refractivity contribution in [1.29, 1.82) is 0 Å². The molecule has 4 heteroatoms. The lowest BCUT2D eigenvalue weighted by molar-refractivity contribution is 0.474. The third kappa shape index (κ3) is 3.28. The number of rotatable bonds is 4. The number of aryl methyl sites for hydroxylation is 1. The second kappa shape index (κ2) is 5.29. The Balaban J connectivity index is 1.93. The van der Waals surface area contributed by atoms with Gasteiger partial charge in [0.2, 0.25) is 0 Å². The molecule has 0 aliphatic heterocycles. The van der Waals surface area contributed by atoms with Gasteiger partial charge in [-0.1, -0.05) is 12.1 Å². The second-order valence-corrected chi connectivity index (χ2v) is 5.36. The summed E-state index contributed by atoms with van der Waals surface area (Å²) < 4.78 is 0. The Morgan fingerprint density at radius 2 is 2.06 bits per heavy atom. The van der Waals surface area contributed by atoms with Crippen molar-refractivity contribution in [2.24, 2.45) is 0 Å². The first kappa shape index (κ1) is 12.1. The molecule has 1 unspecified atom stereocenters. The zero-order valence-electron chi connectivity index (χ0n) is 9.97. The molecule has 1 aromatic carbocycles. The normalized spacial score (nSPS) is 12.6. The van der Waals surface area contributed by atoms with Crippen LogP contribution in [0.4, 0.5) is 0 Å². The third-order valence-electron chi connectivity index (χ3n) is 2.64. The molecule has 0 saturated carbocycles. The molecule has 0 aliphatic rings. The Morgan fingerprint density at radius 1 is 1.35 bits per heavy atom. The number of aromatic hydroxyl groups is 1. The molecular weight excluding hydrogens is 232 g/mol. The molecule has 0 radical (unpaired) electrons. The average Bonchev–Trinajstić information content (AvgIpc) is 2.73. The molecule has 0 bridgehead atoms. The molecule has 0 aliphatic carbocycles. The predicted octanol–water partition coefficient (Wildman–Crippen LogP) is 3.01. The fourth-order valence-corrected chi connectivity index (χ4v) is 2.37. The highest BCUT2D eigenvalue weighted by molar-refractivity contribution is 7.11. The molecular formula is C13H16N2OS. The predicted molar refractivity (Wildman–Crippen MR) is 70.2 cm³/mol. The van der Waals surface area contributed by atoms with Crippen LogP contribution in [-0.4, -0.2) is 10.1 Å². The molecule has 1 atom stereocenters. The van der Waals surface area contributed by atoms with Gasteiger partial charge in [0.1, 0.15) is 5.75 Å². The van der Waals surface area contributed by atoms with Gasteiger partial charge < -0.3 is 10.4 Å². The highest BCUT2D eigenvalue weighted by atomic mass is 32.1. The number of nitrogens with one attached hydrogen (secondary N) is 1. The Bertz CT molecular complexity index is 478. The summed E-state index contributed by atoms with van der Waals surface area (Å²) in [4.78, 5) is 5.47. The van der Waals surface area contributed by atoms with Gasteiger partial charge in [0.15, 0.2) is 0 Å². The Hall–Kier alpha value is -1.39. The van der Waals surface area contributed by atoms with Crippen LogP contribution in [0.15, 0.2) is 30.5 Å². The number of phenolic OH excluding ortho intramolecular Hbond substituents is 1. The van der Waals surface area contributed by atoms with Crippen molar-refractivity contribution in [3.05, 3.63) is 45.9 Å². The Morgan fingerprint density at radius 3 is 2.65 bits per heavy atom. The fraction of sp³-hybridized carbons (Fsp3) is 0.308. The van der Waals surface area contributed by atoms with Crippen LogP contribution in [0.1, 0.15) is 28.4 Å². The van der Waals surface area contributed by atoms with Crippen LogP contribution >= 0.6 is 11.3 Å². The van der Waals surface area contributed by atoms with Crippen LogP contribution < -0.4 is 5.32 Å². The van der Waals surface area contributed by atoms with Crippen molar-refractivity contribution in [2.75, 3.05) is 0 Å². The standard InChI is InChI=1S/C13H16N2OS/c1-9(11-3-5-12(16)6-4-11)14-7-13-8-15-10(2)17-13/h3-6,8-9,14,16H,7H2,1-2H3. The highest BCUT2D eigenvalue weighted by Gasteiger charge is 2.05. The summed E-state index contributed by atoms with van der Waals surface area (Å²) in [5.41, 5.74) is 1.17. The summed E-state index contributed by atoms with van der Waals surface area (Å²) in [6, 6.07) is 7.56. The number of thiazole rings is 1. The zero-order valence-corrected chi connectivity index (χ0v) is 10.8. The van der Waals surface area contributed by atoms with Crippen LogP contribution in [0, 0.1) is 6.92 Å². The number of aromatic nitrogens is 1. The summed E-state index contributed by atoms with van der Waals surface area (Å²) in [6.07, 6.45) is 1.91. The van der Waals surface area contributed by atoms with E-state index in [2.05, 4.69) is 17.2 Å². The van der Waals surface area contributed by atoms with Gasteiger partial charge in [-0.15, -0.1) is 11.3 Å². The molecule has 90 valence electrons. The molecule has 0 saturated heterocycles. The lowest BCUT2D eigenvalue weighted by atomic mass is 10.1. The van der Waals surface area contributed by atoms with Crippen LogP contribution in [0.25, 0.3) is 0 Å². The maximum absolute atomic E-state index is 9.22. The van der Waals surface area contributed by atoms with Gasteiger partial charge in [-0.25, -0.2) is 4.98 Å². The second-order valence-electron chi connectivity index (χ2n) is 4.04. The van der Waals surface area contributed by atoms with Crippen molar-refractivity contribution >= 4 is 11.3 Å². The average molecular weight is 248 g/mol. The van der Waals surface area contributed by atoms with E-state index in [1.807, 2.05) is 25.3 Å². The molecule has 1 aromatic heterocycles. The van der Waals surface area contributed by atoms with Crippen LogP contribution in [-0.2, 0) is 6.54 Å². The largest absolute Gasteiger partial charge is 0.508 e. The SMILES string of the molecule is Cc1ncc(CNC(C)c2ccc(O)cc2)s1. The van der Waals surface area contributed by atoms with E-state index in [0.29, 0.717) is 5.75 Å². The van der Waals surface area contributed by atoms with Gasteiger partial charge in [0.25, 0.3) is 0 Å². The van der Waals surface area contributed by atoms with E-state index in [-0.39, 0.29) is 6.04 Å². The molecule has 2 rings (SSSR count). The van der Waals surface area contributed by atoms with Crippen LogP contribution in [0.3, 0.4) is 0 Å². The minimum Gasteiger partial charge on any atom is -0.508 e. The van der Waals surface area contributed by atoms with E-state index in [1.54, 1.807) is 23.5 Å². The van der Waals surface area contributed by atoms with E-state index in [4.69, 9.17) is 0 Å². The van der Waals surface area contributed by atoms with Gasteiger partial charge in [0, 0.05) is 23.7 Å².